The van der Waals surface area contributed by atoms with Crippen molar-refractivity contribution in [1.82, 2.24) is 4.90 Å². The van der Waals surface area contributed by atoms with Crippen LogP contribution in [-0.2, 0) is 15.0 Å². The second kappa shape index (κ2) is 4.80. The van der Waals surface area contributed by atoms with Crippen LogP contribution in [0, 0.1) is 5.92 Å². The average Bonchev–Trinajstić information content (AvgIpc) is 2.45. The number of hydrogen-bond acceptors (Lipinski definition) is 4. The van der Waals surface area contributed by atoms with Gasteiger partial charge < -0.3 is 9.64 Å². The number of rotatable bonds is 2. The Morgan fingerprint density at radius 3 is 2.53 bits per heavy atom. The molecule has 7 heteroatoms. The first-order valence-electron chi connectivity index (χ1n) is 5.47. The predicted molar refractivity (Wildman–Crippen MR) is 60.8 cm³/mol. The van der Waals surface area contributed by atoms with Crippen molar-refractivity contribution in [2.45, 2.75) is 32.8 Å². The second-order valence-corrected chi connectivity index (χ2v) is 6.70. The van der Waals surface area contributed by atoms with Gasteiger partial charge in [-0.2, -0.15) is 8.42 Å². The molecule has 1 aliphatic rings. The summed E-state index contributed by atoms with van der Waals surface area (Å²) in [4.78, 5) is 13.1. The number of amides is 1. The summed E-state index contributed by atoms with van der Waals surface area (Å²) in [5.41, 5.74) is -0.582. The standard InChI is InChI=1S/C10H18FNO4S/c1-10(2,3)16-9(13)12-5-4-8(6-12)7-17(11,14)15/h8H,4-7H2,1-3H3/t8-/m0/s1. The molecule has 1 atom stereocenters. The number of likely N-dealkylation sites (tertiary alicyclic amines) is 1. The lowest BCUT2D eigenvalue weighted by Gasteiger charge is -2.24. The Kier molecular flexibility index (Phi) is 4.01. The predicted octanol–water partition coefficient (Wildman–Crippen LogP) is 1.54. The third-order valence-electron chi connectivity index (χ3n) is 2.37. The third kappa shape index (κ3) is 5.34. The topological polar surface area (TPSA) is 63.7 Å². The van der Waals surface area contributed by atoms with Gasteiger partial charge in [-0.15, -0.1) is 3.89 Å². The maximum absolute atomic E-state index is 12.5. The molecule has 0 unspecified atom stereocenters. The fourth-order valence-corrected chi connectivity index (χ4v) is 2.58. The van der Waals surface area contributed by atoms with Crippen molar-refractivity contribution in [3.05, 3.63) is 0 Å². The molecule has 17 heavy (non-hydrogen) atoms. The van der Waals surface area contributed by atoms with Crippen LogP contribution in [0.1, 0.15) is 27.2 Å². The molecule has 0 N–H and O–H groups in total. The van der Waals surface area contributed by atoms with Crippen LogP contribution >= 0.6 is 0 Å². The van der Waals surface area contributed by atoms with Gasteiger partial charge in [0.1, 0.15) is 5.60 Å². The Morgan fingerprint density at radius 1 is 1.47 bits per heavy atom. The molecule has 1 amide bonds. The van der Waals surface area contributed by atoms with E-state index in [0.29, 0.717) is 13.0 Å². The normalized spacial score (nSPS) is 21.6. The molecule has 0 aromatic carbocycles. The third-order valence-corrected chi connectivity index (χ3v) is 3.24. The van der Waals surface area contributed by atoms with Crippen LogP contribution in [0.3, 0.4) is 0 Å². The van der Waals surface area contributed by atoms with Crippen LogP contribution in [0.2, 0.25) is 0 Å². The molecule has 1 rings (SSSR count). The Balaban J connectivity index is 2.48. The van der Waals surface area contributed by atoms with Crippen LogP contribution in [0.5, 0.6) is 0 Å². The molecule has 0 aromatic rings. The van der Waals surface area contributed by atoms with Crippen molar-refractivity contribution >= 4 is 16.3 Å². The van der Waals surface area contributed by atoms with Gasteiger partial charge in [0, 0.05) is 13.1 Å². The van der Waals surface area contributed by atoms with Gasteiger partial charge in [0.15, 0.2) is 0 Å². The molecule has 0 aliphatic carbocycles. The fraction of sp³-hybridized carbons (Fsp3) is 0.900. The molecule has 0 bridgehead atoms. The Labute approximate surface area is 101 Å². The van der Waals surface area contributed by atoms with Crippen LogP contribution in [0.15, 0.2) is 0 Å². The molecular formula is C10H18FNO4S. The highest BCUT2D eigenvalue weighted by molar-refractivity contribution is 7.86. The number of hydrogen-bond donors (Lipinski definition) is 0. The molecule has 0 aromatic heterocycles. The minimum absolute atomic E-state index is 0.234. The molecule has 100 valence electrons. The minimum Gasteiger partial charge on any atom is -0.444 e. The summed E-state index contributed by atoms with van der Waals surface area (Å²) in [7, 11) is -4.47. The Bertz CT molecular complexity index is 388. The smallest absolute Gasteiger partial charge is 0.410 e. The quantitative estimate of drug-likeness (QED) is 0.712. The first-order chi connectivity index (χ1) is 7.57. The van der Waals surface area contributed by atoms with E-state index in [1.54, 1.807) is 20.8 Å². The average molecular weight is 267 g/mol. The highest BCUT2D eigenvalue weighted by atomic mass is 32.3. The van der Waals surface area contributed by atoms with E-state index in [0.717, 1.165) is 0 Å². The van der Waals surface area contributed by atoms with E-state index in [1.165, 1.54) is 4.90 Å². The van der Waals surface area contributed by atoms with Crippen molar-refractivity contribution in [1.29, 1.82) is 0 Å². The van der Waals surface area contributed by atoms with E-state index in [-0.39, 0.29) is 12.5 Å². The van der Waals surface area contributed by atoms with E-state index in [2.05, 4.69) is 0 Å². The van der Waals surface area contributed by atoms with E-state index in [4.69, 9.17) is 4.74 Å². The summed E-state index contributed by atoms with van der Waals surface area (Å²) in [5.74, 6) is -0.857. The van der Waals surface area contributed by atoms with E-state index < -0.39 is 27.7 Å². The minimum atomic E-state index is -4.47. The van der Waals surface area contributed by atoms with Gasteiger partial charge in [0.2, 0.25) is 0 Å². The zero-order chi connectivity index (χ0) is 13.3. The zero-order valence-electron chi connectivity index (χ0n) is 10.3. The first-order valence-corrected chi connectivity index (χ1v) is 7.02. The van der Waals surface area contributed by atoms with Crippen molar-refractivity contribution < 1.29 is 21.8 Å². The lowest BCUT2D eigenvalue weighted by atomic mass is 10.2. The largest absolute Gasteiger partial charge is 0.444 e. The van der Waals surface area contributed by atoms with Gasteiger partial charge in [-0.05, 0) is 33.1 Å². The maximum Gasteiger partial charge on any atom is 0.410 e. The van der Waals surface area contributed by atoms with Gasteiger partial charge in [0.05, 0.1) is 5.75 Å². The molecule has 0 radical (unpaired) electrons. The lowest BCUT2D eigenvalue weighted by Crippen LogP contribution is -2.35. The number of halogens is 1. The van der Waals surface area contributed by atoms with Gasteiger partial charge in [-0.3, -0.25) is 0 Å². The summed E-state index contributed by atoms with van der Waals surface area (Å²) in [6, 6.07) is 0. The lowest BCUT2D eigenvalue weighted by molar-refractivity contribution is 0.0289. The molecule has 1 aliphatic heterocycles. The van der Waals surface area contributed by atoms with Crippen LogP contribution < -0.4 is 0 Å². The zero-order valence-corrected chi connectivity index (χ0v) is 11.1. The monoisotopic (exact) mass is 267 g/mol. The summed E-state index contributed by atoms with van der Waals surface area (Å²) in [6.07, 6.45) is 0.0128. The molecule has 1 fully saturated rings. The Hall–Kier alpha value is -0.850. The van der Waals surface area contributed by atoms with Gasteiger partial charge in [-0.25, -0.2) is 4.79 Å². The molecule has 1 saturated heterocycles. The maximum atomic E-state index is 12.5. The van der Waals surface area contributed by atoms with Crippen molar-refractivity contribution in [3.8, 4) is 0 Å². The van der Waals surface area contributed by atoms with Crippen molar-refractivity contribution in [3.63, 3.8) is 0 Å². The number of ether oxygens (including phenoxy) is 1. The van der Waals surface area contributed by atoms with Crippen LogP contribution in [0.25, 0.3) is 0 Å². The molecule has 0 spiro atoms. The van der Waals surface area contributed by atoms with Gasteiger partial charge in [-0.1, -0.05) is 0 Å². The summed E-state index contributed by atoms with van der Waals surface area (Å²) >= 11 is 0. The first kappa shape index (κ1) is 14.2. The van der Waals surface area contributed by atoms with Crippen molar-refractivity contribution in [2.24, 2.45) is 5.92 Å². The molecule has 1 heterocycles. The summed E-state index contributed by atoms with van der Waals surface area (Å²) < 4.78 is 38.6. The molecule has 0 saturated carbocycles. The Morgan fingerprint density at radius 2 is 2.06 bits per heavy atom. The van der Waals surface area contributed by atoms with Gasteiger partial charge in [0.25, 0.3) is 0 Å². The summed E-state index contributed by atoms with van der Waals surface area (Å²) in [6.45, 7) is 5.91. The van der Waals surface area contributed by atoms with Gasteiger partial charge >= 0.3 is 16.3 Å². The highest BCUT2D eigenvalue weighted by Gasteiger charge is 2.32. The molecule has 5 nitrogen and oxygen atoms in total. The van der Waals surface area contributed by atoms with E-state index >= 15 is 0 Å². The van der Waals surface area contributed by atoms with Crippen molar-refractivity contribution in [2.75, 3.05) is 18.8 Å². The number of carbonyl (C=O) groups is 1. The van der Waals surface area contributed by atoms with E-state index in [9.17, 15) is 17.1 Å². The number of nitrogens with zero attached hydrogens (tertiary/aromatic N) is 1. The number of carbonyl (C=O) groups excluding carboxylic acids is 1. The highest BCUT2D eigenvalue weighted by Crippen LogP contribution is 2.21. The fourth-order valence-electron chi connectivity index (χ4n) is 1.74. The van der Waals surface area contributed by atoms with Crippen LogP contribution in [-0.4, -0.2) is 43.9 Å². The SMILES string of the molecule is CC(C)(C)OC(=O)N1CC[C@H](CS(=O)(=O)F)C1. The summed E-state index contributed by atoms with van der Waals surface area (Å²) in [5, 5.41) is 0. The second-order valence-electron chi connectivity index (χ2n) is 5.29. The molecular weight excluding hydrogens is 249 g/mol. The van der Waals surface area contributed by atoms with E-state index in [1.807, 2.05) is 0 Å². The van der Waals surface area contributed by atoms with Crippen LogP contribution in [0.4, 0.5) is 8.68 Å².